The maximum absolute atomic E-state index is 11.7. The third kappa shape index (κ3) is 5.07. The van der Waals surface area contributed by atoms with Crippen LogP contribution in [0.2, 0.25) is 0 Å². The molecule has 0 spiro atoms. The van der Waals surface area contributed by atoms with Gasteiger partial charge in [-0.1, -0.05) is 60.7 Å². The van der Waals surface area contributed by atoms with Crippen molar-refractivity contribution in [2.45, 2.75) is 20.4 Å². The first-order chi connectivity index (χ1) is 13.2. The smallest absolute Gasteiger partial charge is 0.332 e. The van der Waals surface area contributed by atoms with Crippen LogP contribution >= 0.6 is 0 Å². The maximum Gasteiger partial charge on any atom is 0.332 e. The molecular weight excluding hydrogens is 338 g/mol. The Bertz CT molecular complexity index is 915. The van der Waals surface area contributed by atoms with Gasteiger partial charge in [0.2, 0.25) is 0 Å². The number of aromatic nitrogens is 2. The van der Waals surface area contributed by atoms with Crippen molar-refractivity contribution in [3.63, 3.8) is 0 Å². The second-order valence-electron chi connectivity index (χ2n) is 6.13. The minimum Gasteiger partial charge on any atom is -0.463 e. The van der Waals surface area contributed by atoms with E-state index in [1.54, 1.807) is 6.92 Å². The van der Waals surface area contributed by atoms with E-state index in [0.717, 1.165) is 22.6 Å². The number of esters is 1. The Kier molecular flexibility index (Phi) is 6.05. The molecule has 0 saturated carbocycles. The summed E-state index contributed by atoms with van der Waals surface area (Å²) in [5.41, 5.74) is 3.76. The van der Waals surface area contributed by atoms with Crippen LogP contribution in [0.4, 0.5) is 5.82 Å². The van der Waals surface area contributed by atoms with Gasteiger partial charge < -0.3 is 10.1 Å². The minimum absolute atomic E-state index is 0.354. The van der Waals surface area contributed by atoms with Crippen molar-refractivity contribution >= 4 is 11.8 Å². The first-order valence-corrected chi connectivity index (χ1v) is 8.95. The van der Waals surface area contributed by atoms with E-state index in [1.807, 2.05) is 66.2 Å². The molecule has 27 heavy (non-hydrogen) atoms. The second kappa shape index (κ2) is 8.85. The van der Waals surface area contributed by atoms with E-state index in [-0.39, 0.29) is 5.97 Å². The Morgan fingerprint density at radius 2 is 1.78 bits per heavy atom. The number of nitrogens with zero attached hydrogens (tertiary/aromatic N) is 2. The van der Waals surface area contributed by atoms with Crippen LogP contribution in [0.3, 0.4) is 0 Å². The first-order valence-electron chi connectivity index (χ1n) is 8.95. The maximum atomic E-state index is 11.7. The number of benzene rings is 2. The highest BCUT2D eigenvalue weighted by Crippen LogP contribution is 2.23. The molecule has 5 nitrogen and oxygen atoms in total. The summed E-state index contributed by atoms with van der Waals surface area (Å²) in [5.74, 6) is 0.454. The highest BCUT2D eigenvalue weighted by atomic mass is 16.5. The van der Waals surface area contributed by atoms with Crippen LogP contribution < -0.4 is 5.32 Å². The Morgan fingerprint density at radius 1 is 1.11 bits per heavy atom. The topological polar surface area (TPSA) is 56.1 Å². The average molecular weight is 361 g/mol. The third-order valence-corrected chi connectivity index (χ3v) is 3.97. The lowest BCUT2D eigenvalue weighted by atomic mass is 10.1. The molecule has 1 aromatic heterocycles. The van der Waals surface area contributed by atoms with Gasteiger partial charge in [0.15, 0.2) is 0 Å². The average Bonchev–Trinajstić information content (AvgIpc) is 3.05. The molecule has 0 atom stereocenters. The monoisotopic (exact) mass is 361 g/mol. The number of rotatable bonds is 7. The van der Waals surface area contributed by atoms with Gasteiger partial charge in [-0.3, -0.25) is 0 Å². The van der Waals surface area contributed by atoms with Crippen LogP contribution in [-0.4, -0.2) is 22.4 Å². The van der Waals surface area contributed by atoms with Crippen molar-refractivity contribution in [3.05, 3.63) is 84.1 Å². The molecule has 3 aromatic rings. The molecule has 0 fully saturated rings. The standard InChI is InChI=1S/C22H23N3O2/c1-3-27-22(26)14-17(2)23-21-15-20(19-12-8-5-9-13-19)24-25(21)16-18-10-6-4-7-11-18/h4-15,23H,3,16H2,1-2H3/b17-14+. The lowest BCUT2D eigenvalue weighted by Gasteiger charge is -2.10. The van der Waals surface area contributed by atoms with E-state index in [0.29, 0.717) is 18.8 Å². The molecule has 5 heteroatoms. The Labute approximate surface area is 159 Å². The van der Waals surface area contributed by atoms with Crippen LogP contribution in [0.15, 0.2) is 78.5 Å². The number of hydrogen-bond donors (Lipinski definition) is 1. The van der Waals surface area contributed by atoms with E-state index in [2.05, 4.69) is 17.4 Å². The van der Waals surface area contributed by atoms with Crippen LogP contribution in [0, 0.1) is 0 Å². The molecule has 1 heterocycles. The minimum atomic E-state index is -0.361. The molecule has 0 aliphatic carbocycles. The number of nitrogens with one attached hydrogen (secondary N) is 1. The number of ether oxygens (including phenoxy) is 1. The van der Waals surface area contributed by atoms with E-state index >= 15 is 0 Å². The molecule has 0 saturated heterocycles. The fraction of sp³-hybridized carbons (Fsp3) is 0.182. The number of allylic oxidation sites excluding steroid dienone is 1. The van der Waals surface area contributed by atoms with Gasteiger partial charge in [0, 0.05) is 23.4 Å². The van der Waals surface area contributed by atoms with Crippen molar-refractivity contribution in [2.75, 3.05) is 11.9 Å². The largest absolute Gasteiger partial charge is 0.463 e. The second-order valence-corrected chi connectivity index (χ2v) is 6.13. The van der Waals surface area contributed by atoms with Crippen LogP contribution in [0.25, 0.3) is 11.3 Å². The lowest BCUT2D eigenvalue weighted by molar-refractivity contribution is -0.137. The van der Waals surface area contributed by atoms with Gasteiger partial charge >= 0.3 is 5.97 Å². The summed E-state index contributed by atoms with van der Waals surface area (Å²) in [5, 5.41) is 8.03. The summed E-state index contributed by atoms with van der Waals surface area (Å²) in [7, 11) is 0. The zero-order valence-electron chi connectivity index (χ0n) is 15.6. The molecule has 0 radical (unpaired) electrons. The molecule has 0 amide bonds. The zero-order chi connectivity index (χ0) is 19.1. The van der Waals surface area contributed by atoms with Crippen molar-refractivity contribution < 1.29 is 9.53 Å². The fourth-order valence-electron chi connectivity index (χ4n) is 2.74. The summed E-state index contributed by atoms with van der Waals surface area (Å²) in [6.07, 6.45) is 1.45. The van der Waals surface area contributed by atoms with Gasteiger partial charge in [0.1, 0.15) is 5.82 Å². The third-order valence-electron chi connectivity index (χ3n) is 3.97. The lowest BCUT2D eigenvalue weighted by Crippen LogP contribution is -2.09. The Balaban J connectivity index is 1.90. The highest BCUT2D eigenvalue weighted by molar-refractivity contribution is 5.83. The van der Waals surface area contributed by atoms with Crippen molar-refractivity contribution in [1.82, 2.24) is 9.78 Å². The van der Waals surface area contributed by atoms with Gasteiger partial charge in [-0.25, -0.2) is 9.48 Å². The Morgan fingerprint density at radius 3 is 2.44 bits per heavy atom. The van der Waals surface area contributed by atoms with Gasteiger partial charge in [-0.2, -0.15) is 5.10 Å². The predicted molar refractivity (Wildman–Crippen MR) is 107 cm³/mol. The molecule has 0 aliphatic heterocycles. The summed E-state index contributed by atoms with van der Waals surface area (Å²) in [6.45, 7) is 4.60. The number of carbonyl (C=O) groups excluding carboxylic acids is 1. The molecule has 3 rings (SSSR count). The van der Waals surface area contributed by atoms with E-state index in [1.165, 1.54) is 6.08 Å². The summed E-state index contributed by atoms with van der Waals surface area (Å²) < 4.78 is 6.88. The van der Waals surface area contributed by atoms with Crippen molar-refractivity contribution in [3.8, 4) is 11.3 Å². The van der Waals surface area contributed by atoms with Gasteiger partial charge in [0.25, 0.3) is 0 Å². The predicted octanol–water partition coefficient (Wildman–Crippen LogP) is 4.48. The van der Waals surface area contributed by atoms with Gasteiger partial charge in [0.05, 0.1) is 18.8 Å². The molecule has 0 unspecified atom stereocenters. The first kappa shape index (κ1) is 18.5. The van der Waals surface area contributed by atoms with E-state index < -0.39 is 0 Å². The summed E-state index contributed by atoms with van der Waals surface area (Å²) >= 11 is 0. The van der Waals surface area contributed by atoms with E-state index in [4.69, 9.17) is 9.84 Å². The molecule has 0 aliphatic rings. The van der Waals surface area contributed by atoms with Crippen molar-refractivity contribution in [2.24, 2.45) is 0 Å². The fourth-order valence-corrected chi connectivity index (χ4v) is 2.74. The molecule has 2 aromatic carbocycles. The molecule has 1 N–H and O–H groups in total. The quantitative estimate of drug-likeness (QED) is 0.498. The van der Waals surface area contributed by atoms with Crippen molar-refractivity contribution in [1.29, 1.82) is 0 Å². The number of hydrogen-bond acceptors (Lipinski definition) is 4. The number of carbonyl (C=O) groups is 1. The Hall–Kier alpha value is -3.34. The summed E-state index contributed by atoms with van der Waals surface area (Å²) in [6, 6.07) is 22.1. The van der Waals surface area contributed by atoms with Crippen LogP contribution in [0.1, 0.15) is 19.4 Å². The van der Waals surface area contributed by atoms with Crippen LogP contribution in [-0.2, 0) is 16.1 Å². The molecule has 0 bridgehead atoms. The molecule has 138 valence electrons. The van der Waals surface area contributed by atoms with Crippen LogP contribution in [0.5, 0.6) is 0 Å². The highest BCUT2D eigenvalue weighted by Gasteiger charge is 2.11. The van der Waals surface area contributed by atoms with Gasteiger partial charge in [-0.15, -0.1) is 0 Å². The SMILES string of the molecule is CCOC(=O)/C=C(\C)Nc1cc(-c2ccccc2)nn1Cc1ccccc1. The van der Waals surface area contributed by atoms with E-state index in [9.17, 15) is 4.79 Å². The zero-order valence-corrected chi connectivity index (χ0v) is 15.6. The van der Waals surface area contributed by atoms with Gasteiger partial charge in [-0.05, 0) is 19.4 Å². The summed E-state index contributed by atoms with van der Waals surface area (Å²) in [4.78, 5) is 11.7. The number of anilines is 1. The molecular formula is C22H23N3O2. The normalized spacial score (nSPS) is 11.3.